The number of carbonyl (C=O) groups is 2. The number of halogens is 1. The molecule has 0 aliphatic carbocycles. The van der Waals surface area contributed by atoms with E-state index in [0.717, 1.165) is 12.0 Å². The van der Waals surface area contributed by atoms with Crippen LogP contribution in [-0.2, 0) is 4.79 Å². The molecule has 160 valence electrons. The Morgan fingerprint density at radius 2 is 1.93 bits per heavy atom. The van der Waals surface area contributed by atoms with Crippen LogP contribution in [0.5, 0.6) is 11.5 Å². The number of ether oxygens (including phenoxy) is 2. The molecule has 2 atom stereocenters. The fourth-order valence-electron chi connectivity index (χ4n) is 3.86. The van der Waals surface area contributed by atoms with E-state index in [1.807, 2.05) is 25.1 Å². The lowest BCUT2D eigenvalue weighted by Gasteiger charge is -2.21. The monoisotopic (exact) mass is 430 g/mol. The number of benzene rings is 2. The maximum atomic E-state index is 13.1. The summed E-state index contributed by atoms with van der Waals surface area (Å²) >= 11 is 6.06. The molecule has 6 nitrogen and oxygen atoms in total. The Balaban J connectivity index is 1.95. The standard InChI is InChI=1S/C23H27ClN2O4/c1-4-10-25-22(27)20-14-26(23(28)15-6-5-7-16(24)11-15)13-19(20)18-12-17(29-2)8-9-21(18)30-3/h5-9,11-12,19-20H,4,10,13-14H2,1-3H3,(H,25,27)/t19-,20-/m1/s1. The SMILES string of the molecule is CCCNC(=O)[C@@H]1CN(C(=O)c2cccc(Cl)c2)C[C@@H]1c1cc(OC)ccc1OC. The highest BCUT2D eigenvalue weighted by molar-refractivity contribution is 6.30. The summed E-state index contributed by atoms with van der Waals surface area (Å²) in [6.45, 7) is 3.33. The topological polar surface area (TPSA) is 67.9 Å². The second-order valence-corrected chi connectivity index (χ2v) is 7.77. The predicted octanol–water partition coefficient (Wildman–Crippen LogP) is 3.74. The third-order valence-electron chi connectivity index (χ3n) is 5.40. The van der Waals surface area contributed by atoms with Gasteiger partial charge in [0, 0.05) is 41.7 Å². The van der Waals surface area contributed by atoms with E-state index in [1.165, 1.54) is 0 Å². The third-order valence-corrected chi connectivity index (χ3v) is 5.64. The van der Waals surface area contributed by atoms with Gasteiger partial charge in [-0.25, -0.2) is 0 Å². The van der Waals surface area contributed by atoms with Crippen LogP contribution in [-0.4, -0.2) is 50.6 Å². The second kappa shape index (κ2) is 9.85. The van der Waals surface area contributed by atoms with Crippen LogP contribution in [0.15, 0.2) is 42.5 Å². The number of likely N-dealkylation sites (tertiary alicyclic amines) is 1. The highest BCUT2D eigenvalue weighted by Crippen LogP contribution is 2.40. The molecule has 1 fully saturated rings. The summed E-state index contributed by atoms with van der Waals surface area (Å²) in [5.41, 5.74) is 1.36. The minimum absolute atomic E-state index is 0.0619. The molecule has 1 saturated heterocycles. The summed E-state index contributed by atoms with van der Waals surface area (Å²) in [7, 11) is 3.20. The number of nitrogens with zero attached hydrogens (tertiary/aromatic N) is 1. The minimum Gasteiger partial charge on any atom is -0.497 e. The zero-order valence-electron chi connectivity index (χ0n) is 17.5. The van der Waals surface area contributed by atoms with Crippen LogP contribution >= 0.6 is 11.6 Å². The normalized spacial score (nSPS) is 18.2. The molecule has 2 amide bonds. The molecular formula is C23H27ClN2O4. The van der Waals surface area contributed by atoms with E-state index < -0.39 is 0 Å². The van der Waals surface area contributed by atoms with Crippen LogP contribution in [0.25, 0.3) is 0 Å². The van der Waals surface area contributed by atoms with Crippen molar-refractivity contribution in [1.29, 1.82) is 0 Å². The van der Waals surface area contributed by atoms with Crippen LogP contribution in [0.3, 0.4) is 0 Å². The molecule has 30 heavy (non-hydrogen) atoms. The number of methoxy groups -OCH3 is 2. The summed E-state index contributed by atoms with van der Waals surface area (Å²) in [4.78, 5) is 27.8. The van der Waals surface area contributed by atoms with Gasteiger partial charge in [-0.15, -0.1) is 0 Å². The molecule has 0 saturated carbocycles. The largest absolute Gasteiger partial charge is 0.497 e. The van der Waals surface area contributed by atoms with Crippen molar-refractivity contribution in [2.45, 2.75) is 19.3 Å². The van der Waals surface area contributed by atoms with Crippen molar-refractivity contribution in [2.75, 3.05) is 33.9 Å². The molecule has 2 aromatic rings. The predicted molar refractivity (Wildman–Crippen MR) is 116 cm³/mol. The Hall–Kier alpha value is -2.73. The molecule has 0 spiro atoms. The molecule has 1 aliphatic heterocycles. The molecule has 0 radical (unpaired) electrons. The summed E-state index contributed by atoms with van der Waals surface area (Å²) < 4.78 is 10.9. The molecule has 2 aromatic carbocycles. The molecule has 1 heterocycles. The van der Waals surface area contributed by atoms with E-state index >= 15 is 0 Å². The maximum absolute atomic E-state index is 13.1. The average Bonchev–Trinajstić information content (AvgIpc) is 3.21. The zero-order valence-corrected chi connectivity index (χ0v) is 18.2. The molecule has 3 rings (SSSR count). The highest BCUT2D eigenvalue weighted by Gasteiger charge is 2.41. The first-order valence-corrected chi connectivity index (χ1v) is 10.4. The van der Waals surface area contributed by atoms with Crippen molar-refractivity contribution in [3.05, 3.63) is 58.6 Å². The van der Waals surface area contributed by atoms with E-state index in [1.54, 1.807) is 43.4 Å². The lowest BCUT2D eigenvalue weighted by molar-refractivity contribution is -0.124. The molecule has 0 aromatic heterocycles. The molecule has 1 aliphatic rings. The molecule has 0 bridgehead atoms. The first-order valence-electron chi connectivity index (χ1n) is 10.0. The van der Waals surface area contributed by atoms with E-state index in [2.05, 4.69) is 5.32 Å². The van der Waals surface area contributed by atoms with E-state index in [4.69, 9.17) is 21.1 Å². The molecule has 0 unspecified atom stereocenters. The van der Waals surface area contributed by atoms with Gasteiger partial charge in [0.15, 0.2) is 0 Å². The van der Waals surface area contributed by atoms with Gasteiger partial charge >= 0.3 is 0 Å². The van der Waals surface area contributed by atoms with Gasteiger partial charge in [-0.3, -0.25) is 9.59 Å². The molecular weight excluding hydrogens is 404 g/mol. The van der Waals surface area contributed by atoms with Crippen molar-refractivity contribution in [3.63, 3.8) is 0 Å². The van der Waals surface area contributed by atoms with Crippen LogP contribution in [0.2, 0.25) is 5.02 Å². The Morgan fingerprint density at radius 3 is 2.60 bits per heavy atom. The summed E-state index contributed by atoms with van der Waals surface area (Å²) in [5, 5.41) is 3.48. The highest BCUT2D eigenvalue weighted by atomic mass is 35.5. The van der Waals surface area contributed by atoms with Crippen LogP contribution in [0.4, 0.5) is 0 Å². The molecule has 7 heteroatoms. The first-order chi connectivity index (χ1) is 14.5. The van der Waals surface area contributed by atoms with E-state index in [9.17, 15) is 9.59 Å². The van der Waals surface area contributed by atoms with Crippen molar-refractivity contribution < 1.29 is 19.1 Å². The van der Waals surface area contributed by atoms with Crippen molar-refractivity contribution in [2.24, 2.45) is 5.92 Å². The number of amides is 2. The minimum atomic E-state index is -0.388. The smallest absolute Gasteiger partial charge is 0.253 e. The maximum Gasteiger partial charge on any atom is 0.253 e. The number of hydrogen-bond acceptors (Lipinski definition) is 4. The van der Waals surface area contributed by atoms with Gasteiger partial charge in [-0.2, -0.15) is 0 Å². The Bertz CT molecular complexity index is 918. The van der Waals surface area contributed by atoms with Crippen LogP contribution < -0.4 is 14.8 Å². The summed E-state index contributed by atoms with van der Waals surface area (Å²) in [6.07, 6.45) is 0.844. The number of carbonyl (C=O) groups excluding carboxylic acids is 2. The number of rotatable bonds is 7. The van der Waals surface area contributed by atoms with Crippen LogP contribution in [0.1, 0.15) is 35.2 Å². The van der Waals surface area contributed by atoms with E-state index in [0.29, 0.717) is 41.7 Å². The first kappa shape index (κ1) is 22.0. The Kier molecular flexibility index (Phi) is 7.21. The van der Waals surface area contributed by atoms with Crippen molar-refractivity contribution in [3.8, 4) is 11.5 Å². The van der Waals surface area contributed by atoms with Gasteiger partial charge in [0.25, 0.3) is 5.91 Å². The fraction of sp³-hybridized carbons (Fsp3) is 0.391. The van der Waals surface area contributed by atoms with Crippen LogP contribution in [0, 0.1) is 5.92 Å². The summed E-state index contributed by atoms with van der Waals surface area (Å²) in [5.74, 6) is 0.545. The van der Waals surface area contributed by atoms with E-state index in [-0.39, 0.29) is 23.7 Å². The third kappa shape index (κ3) is 4.70. The number of hydrogen-bond donors (Lipinski definition) is 1. The van der Waals surface area contributed by atoms with Gasteiger partial charge in [-0.05, 0) is 42.8 Å². The average molecular weight is 431 g/mol. The van der Waals surface area contributed by atoms with Crippen molar-refractivity contribution >= 4 is 23.4 Å². The van der Waals surface area contributed by atoms with Crippen molar-refractivity contribution in [1.82, 2.24) is 10.2 Å². The van der Waals surface area contributed by atoms with Gasteiger partial charge in [0.05, 0.1) is 20.1 Å². The van der Waals surface area contributed by atoms with Gasteiger partial charge in [0.1, 0.15) is 11.5 Å². The zero-order chi connectivity index (χ0) is 21.7. The fourth-order valence-corrected chi connectivity index (χ4v) is 4.05. The van der Waals surface area contributed by atoms with Gasteiger partial charge in [-0.1, -0.05) is 24.6 Å². The van der Waals surface area contributed by atoms with Gasteiger partial charge < -0.3 is 19.7 Å². The van der Waals surface area contributed by atoms with Gasteiger partial charge in [0.2, 0.25) is 5.91 Å². The Labute approximate surface area is 182 Å². The number of nitrogens with one attached hydrogen (secondary N) is 1. The lowest BCUT2D eigenvalue weighted by atomic mass is 9.87. The molecule has 1 N–H and O–H groups in total. The second-order valence-electron chi connectivity index (χ2n) is 7.33. The quantitative estimate of drug-likeness (QED) is 0.726. The summed E-state index contributed by atoms with van der Waals surface area (Å²) in [6, 6.07) is 12.4. The Morgan fingerprint density at radius 1 is 1.13 bits per heavy atom. The lowest BCUT2D eigenvalue weighted by Crippen LogP contribution is -2.36.